The normalized spacial score (nSPS) is 10.5. The van der Waals surface area contributed by atoms with Crippen LogP contribution in [0.25, 0.3) is 0 Å². The van der Waals surface area contributed by atoms with E-state index in [4.69, 9.17) is 11.6 Å². The smallest absolute Gasteiger partial charge is 0.269 e. The Morgan fingerprint density at radius 1 is 1.39 bits per heavy atom. The summed E-state index contributed by atoms with van der Waals surface area (Å²) < 4.78 is 0. The molecule has 0 bridgehead atoms. The molecule has 1 amide bonds. The first-order valence-corrected chi connectivity index (χ1v) is 8.42. The molecule has 0 N–H and O–H groups in total. The second kappa shape index (κ2) is 8.08. The maximum absolute atomic E-state index is 12.2. The van der Waals surface area contributed by atoms with Gasteiger partial charge in [0, 0.05) is 42.0 Å². The fraction of sp³-hybridized carbons (Fsp3) is 0.312. The van der Waals surface area contributed by atoms with Crippen molar-refractivity contribution in [3.05, 3.63) is 61.3 Å². The van der Waals surface area contributed by atoms with Gasteiger partial charge in [0.15, 0.2) is 0 Å². The lowest BCUT2D eigenvalue weighted by atomic mass is 10.1. The first-order chi connectivity index (χ1) is 11.0. The van der Waals surface area contributed by atoms with Crippen LogP contribution in [-0.2, 0) is 17.8 Å². The van der Waals surface area contributed by atoms with Gasteiger partial charge in [0.05, 0.1) is 4.92 Å². The molecule has 0 saturated carbocycles. The topological polar surface area (TPSA) is 63.4 Å². The molecule has 0 aliphatic carbocycles. The molecule has 0 unspecified atom stereocenters. The summed E-state index contributed by atoms with van der Waals surface area (Å²) in [7, 11) is 1.68. The Morgan fingerprint density at radius 2 is 2.17 bits per heavy atom. The van der Waals surface area contributed by atoms with Crippen LogP contribution < -0.4 is 0 Å². The molecule has 0 saturated heterocycles. The van der Waals surface area contributed by atoms with Gasteiger partial charge >= 0.3 is 0 Å². The van der Waals surface area contributed by atoms with E-state index in [2.05, 4.69) is 6.07 Å². The van der Waals surface area contributed by atoms with Gasteiger partial charge in [-0.15, -0.1) is 11.3 Å². The fourth-order valence-corrected chi connectivity index (χ4v) is 3.13. The summed E-state index contributed by atoms with van der Waals surface area (Å²) in [5.41, 5.74) is 0.554. The summed E-state index contributed by atoms with van der Waals surface area (Å²) in [4.78, 5) is 25.3. The summed E-state index contributed by atoms with van der Waals surface area (Å²) in [6.07, 6.45) is 2.11. The molecule has 0 fully saturated rings. The average molecular weight is 353 g/mol. The quantitative estimate of drug-likeness (QED) is 0.551. The summed E-state index contributed by atoms with van der Waals surface area (Å²) in [5, 5.41) is 13.3. The zero-order chi connectivity index (χ0) is 16.8. The molecular weight excluding hydrogens is 336 g/mol. The number of aryl methyl sites for hydroxylation is 1. The minimum Gasteiger partial charge on any atom is -0.341 e. The largest absolute Gasteiger partial charge is 0.341 e. The fourth-order valence-electron chi connectivity index (χ4n) is 2.20. The number of benzene rings is 1. The summed E-state index contributed by atoms with van der Waals surface area (Å²) >= 11 is 7.75. The van der Waals surface area contributed by atoms with Crippen LogP contribution in [0.4, 0.5) is 5.69 Å². The van der Waals surface area contributed by atoms with Crippen molar-refractivity contribution in [2.24, 2.45) is 0 Å². The van der Waals surface area contributed by atoms with E-state index in [1.807, 2.05) is 11.4 Å². The molecule has 0 spiro atoms. The van der Waals surface area contributed by atoms with Gasteiger partial charge in [0.2, 0.25) is 5.91 Å². The van der Waals surface area contributed by atoms with E-state index >= 15 is 0 Å². The van der Waals surface area contributed by atoms with Gasteiger partial charge in [-0.25, -0.2) is 0 Å². The van der Waals surface area contributed by atoms with E-state index in [1.165, 1.54) is 23.1 Å². The minimum absolute atomic E-state index is 0.00382. The number of nitro benzene ring substituents is 1. The number of non-ortho nitro benzene ring substituents is 1. The summed E-state index contributed by atoms with van der Waals surface area (Å²) in [5.74, 6) is 0.00382. The lowest BCUT2D eigenvalue weighted by Crippen LogP contribution is -2.26. The van der Waals surface area contributed by atoms with Crippen molar-refractivity contribution in [2.45, 2.75) is 25.8 Å². The minimum atomic E-state index is -0.470. The third kappa shape index (κ3) is 5.04. The second-order valence-electron chi connectivity index (χ2n) is 5.22. The van der Waals surface area contributed by atoms with Crippen molar-refractivity contribution < 1.29 is 9.72 Å². The zero-order valence-corrected chi connectivity index (χ0v) is 14.3. The standard InChI is InChI=1S/C16H17ClN2O3S/c1-18(16(20)6-2-4-14-5-3-9-23-14)11-12-10-13(19(21)22)7-8-15(12)17/h3,5,7-10H,2,4,6,11H2,1H3. The SMILES string of the molecule is CN(Cc1cc([N+](=O)[O-])ccc1Cl)C(=O)CCCc1cccs1. The third-order valence-corrected chi connectivity index (χ3v) is 4.77. The number of rotatable bonds is 7. The lowest BCUT2D eigenvalue weighted by Gasteiger charge is -2.18. The zero-order valence-electron chi connectivity index (χ0n) is 12.7. The molecule has 5 nitrogen and oxygen atoms in total. The highest BCUT2D eigenvalue weighted by Crippen LogP contribution is 2.23. The van der Waals surface area contributed by atoms with E-state index in [-0.39, 0.29) is 18.1 Å². The molecule has 23 heavy (non-hydrogen) atoms. The maximum Gasteiger partial charge on any atom is 0.269 e. The summed E-state index contributed by atoms with van der Waals surface area (Å²) in [6, 6.07) is 8.32. The van der Waals surface area contributed by atoms with Crippen LogP contribution in [0.5, 0.6) is 0 Å². The van der Waals surface area contributed by atoms with Gasteiger partial charge < -0.3 is 4.90 Å². The van der Waals surface area contributed by atoms with Gasteiger partial charge in [-0.3, -0.25) is 14.9 Å². The van der Waals surface area contributed by atoms with Crippen LogP contribution in [0, 0.1) is 10.1 Å². The van der Waals surface area contributed by atoms with Crippen molar-refractivity contribution >= 4 is 34.5 Å². The van der Waals surface area contributed by atoms with E-state index in [0.717, 1.165) is 12.8 Å². The molecule has 0 aliphatic heterocycles. The molecule has 7 heteroatoms. The number of hydrogen-bond acceptors (Lipinski definition) is 4. The Hall–Kier alpha value is -1.92. The van der Waals surface area contributed by atoms with Gasteiger partial charge in [-0.2, -0.15) is 0 Å². The monoisotopic (exact) mass is 352 g/mol. The number of amides is 1. The molecule has 2 rings (SSSR count). The van der Waals surface area contributed by atoms with Gasteiger partial charge in [-0.05, 0) is 35.9 Å². The lowest BCUT2D eigenvalue weighted by molar-refractivity contribution is -0.384. The molecule has 0 atom stereocenters. The molecular formula is C16H17ClN2O3S. The number of nitro groups is 1. The number of carbonyl (C=O) groups is 1. The maximum atomic E-state index is 12.2. The van der Waals surface area contributed by atoms with Crippen molar-refractivity contribution in [2.75, 3.05) is 7.05 Å². The number of nitrogens with zero attached hydrogens (tertiary/aromatic N) is 2. The molecule has 1 heterocycles. The first kappa shape index (κ1) is 17.4. The van der Waals surface area contributed by atoms with Crippen molar-refractivity contribution in [1.82, 2.24) is 4.90 Å². The Morgan fingerprint density at radius 3 is 2.83 bits per heavy atom. The van der Waals surface area contributed by atoms with Crippen LogP contribution in [0.3, 0.4) is 0 Å². The Bertz CT molecular complexity index is 689. The summed E-state index contributed by atoms with van der Waals surface area (Å²) in [6.45, 7) is 0.262. The number of hydrogen-bond donors (Lipinski definition) is 0. The van der Waals surface area contributed by atoms with E-state index < -0.39 is 4.92 Å². The highest BCUT2D eigenvalue weighted by Gasteiger charge is 2.14. The molecule has 0 aliphatic rings. The highest BCUT2D eigenvalue weighted by atomic mass is 35.5. The van der Waals surface area contributed by atoms with Crippen LogP contribution in [0.2, 0.25) is 5.02 Å². The van der Waals surface area contributed by atoms with Crippen molar-refractivity contribution in [3.63, 3.8) is 0 Å². The van der Waals surface area contributed by atoms with E-state index in [0.29, 0.717) is 17.0 Å². The van der Waals surface area contributed by atoms with Crippen LogP contribution in [0.15, 0.2) is 35.7 Å². The number of halogens is 1. The van der Waals surface area contributed by atoms with Crippen molar-refractivity contribution in [1.29, 1.82) is 0 Å². The Balaban J connectivity index is 1.90. The molecule has 2 aromatic rings. The Kier molecular flexibility index (Phi) is 6.12. The molecule has 122 valence electrons. The second-order valence-corrected chi connectivity index (χ2v) is 6.65. The first-order valence-electron chi connectivity index (χ1n) is 7.16. The average Bonchev–Trinajstić information content (AvgIpc) is 3.02. The van der Waals surface area contributed by atoms with Gasteiger partial charge in [0.25, 0.3) is 5.69 Å². The van der Waals surface area contributed by atoms with Crippen LogP contribution in [-0.4, -0.2) is 22.8 Å². The van der Waals surface area contributed by atoms with E-state index in [1.54, 1.807) is 23.3 Å². The Labute approximate surface area is 143 Å². The van der Waals surface area contributed by atoms with Crippen molar-refractivity contribution in [3.8, 4) is 0 Å². The number of carbonyl (C=O) groups excluding carboxylic acids is 1. The highest BCUT2D eigenvalue weighted by molar-refractivity contribution is 7.09. The molecule has 1 aromatic heterocycles. The molecule has 1 aromatic carbocycles. The van der Waals surface area contributed by atoms with Gasteiger partial charge in [-0.1, -0.05) is 17.7 Å². The van der Waals surface area contributed by atoms with Crippen LogP contribution in [0.1, 0.15) is 23.3 Å². The number of thiophene rings is 1. The van der Waals surface area contributed by atoms with Gasteiger partial charge in [0.1, 0.15) is 0 Å². The van der Waals surface area contributed by atoms with E-state index in [9.17, 15) is 14.9 Å². The predicted octanol–water partition coefficient (Wildman–Crippen LogP) is 4.29. The third-order valence-electron chi connectivity index (χ3n) is 3.47. The predicted molar refractivity (Wildman–Crippen MR) is 91.8 cm³/mol. The molecule has 0 radical (unpaired) electrons. The van der Waals surface area contributed by atoms with Crippen LogP contribution >= 0.6 is 22.9 Å².